The van der Waals surface area contributed by atoms with Gasteiger partial charge in [0.1, 0.15) is 23.3 Å². The van der Waals surface area contributed by atoms with Crippen LogP contribution in [0.1, 0.15) is 58.7 Å². The summed E-state index contributed by atoms with van der Waals surface area (Å²) in [4.78, 5) is 27.5. The van der Waals surface area contributed by atoms with Crippen molar-refractivity contribution in [2.45, 2.75) is 38.6 Å². The highest BCUT2D eigenvalue weighted by Gasteiger charge is 2.32. The minimum atomic E-state index is -0.266. The molecule has 0 radical (unpaired) electrons. The van der Waals surface area contributed by atoms with Crippen molar-refractivity contribution in [1.82, 2.24) is 19.9 Å². The van der Waals surface area contributed by atoms with Crippen LogP contribution < -0.4 is 0 Å². The van der Waals surface area contributed by atoms with Crippen molar-refractivity contribution in [2.24, 2.45) is 0 Å². The van der Waals surface area contributed by atoms with Gasteiger partial charge in [-0.05, 0) is 43.9 Å². The molecule has 1 saturated heterocycles. The van der Waals surface area contributed by atoms with E-state index in [0.29, 0.717) is 30.3 Å². The summed E-state index contributed by atoms with van der Waals surface area (Å²) in [5.41, 5.74) is 2.04. The van der Waals surface area contributed by atoms with Crippen LogP contribution >= 0.6 is 0 Å². The van der Waals surface area contributed by atoms with Gasteiger partial charge in [-0.15, -0.1) is 0 Å². The van der Waals surface area contributed by atoms with Crippen LogP contribution in [0.2, 0.25) is 0 Å². The number of piperidine rings is 1. The first kappa shape index (κ1) is 18.3. The topological polar surface area (TPSA) is 72.1 Å². The standard InChI is InChI=1S/C21H21FN4O2/c1-14-11-24-18(13-23-14)21(27)26-9-3-2-4-19(26)20-25-12-17(28-20)10-15-5-7-16(22)8-6-15/h5-8,11-13,19H,2-4,9-10H2,1H3. The van der Waals surface area contributed by atoms with Gasteiger partial charge in [0, 0.05) is 19.2 Å². The SMILES string of the molecule is Cc1cnc(C(=O)N2CCCCC2c2ncc(Cc3ccc(F)cc3)o2)cn1. The molecular weight excluding hydrogens is 359 g/mol. The highest BCUT2D eigenvalue weighted by Crippen LogP contribution is 2.32. The molecule has 7 heteroatoms. The summed E-state index contributed by atoms with van der Waals surface area (Å²) in [5.74, 6) is 0.799. The van der Waals surface area contributed by atoms with Gasteiger partial charge in [-0.2, -0.15) is 0 Å². The number of amides is 1. The number of hydrogen-bond donors (Lipinski definition) is 0. The van der Waals surface area contributed by atoms with E-state index in [-0.39, 0.29) is 17.8 Å². The maximum absolute atomic E-state index is 13.1. The zero-order valence-electron chi connectivity index (χ0n) is 15.6. The van der Waals surface area contributed by atoms with E-state index in [2.05, 4.69) is 15.0 Å². The number of likely N-dealkylation sites (tertiary alicyclic amines) is 1. The third kappa shape index (κ3) is 3.93. The molecule has 3 heterocycles. The first-order chi connectivity index (χ1) is 13.6. The Morgan fingerprint density at radius 1 is 1.14 bits per heavy atom. The molecule has 0 aliphatic carbocycles. The Balaban J connectivity index is 1.53. The zero-order chi connectivity index (χ0) is 19.5. The second kappa shape index (κ2) is 7.88. The summed E-state index contributed by atoms with van der Waals surface area (Å²) >= 11 is 0. The predicted octanol–water partition coefficient (Wildman–Crippen LogP) is 3.87. The van der Waals surface area contributed by atoms with Gasteiger partial charge in [-0.25, -0.2) is 14.4 Å². The fourth-order valence-corrected chi connectivity index (χ4v) is 3.44. The van der Waals surface area contributed by atoms with Crippen LogP contribution in [0.4, 0.5) is 4.39 Å². The van der Waals surface area contributed by atoms with Gasteiger partial charge < -0.3 is 9.32 Å². The molecule has 0 N–H and O–H groups in total. The number of aryl methyl sites for hydroxylation is 1. The summed E-state index contributed by atoms with van der Waals surface area (Å²) in [6.07, 6.45) is 8.05. The van der Waals surface area contributed by atoms with Gasteiger partial charge in [0.2, 0.25) is 5.89 Å². The fourth-order valence-electron chi connectivity index (χ4n) is 3.44. The lowest BCUT2D eigenvalue weighted by Crippen LogP contribution is -2.39. The highest BCUT2D eigenvalue weighted by atomic mass is 19.1. The molecule has 0 saturated carbocycles. The van der Waals surface area contributed by atoms with E-state index in [1.807, 2.05) is 6.92 Å². The lowest BCUT2D eigenvalue weighted by Gasteiger charge is -2.33. The number of hydrogen-bond acceptors (Lipinski definition) is 5. The number of carbonyl (C=O) groups excluding carboxylic acids is 1. The maximum Gasteiger partial charge on any atom is 0.274 e. The van der Waals surface area contributed by atoms with Gasteiger partial charge in [0.05, 0.1) is 18.1 Å². The second-order valence-electron chi connectivity index (χ2n) is 7.02. The lowest BCUT2D eigenvalue weighted by atomic mass is 10.0. The van der Waals surface area contributed by atoms with Crippen LogP contribution in [0.25, 0.3) is 0 Å². The first-order valence-corrected chi connectivity index (χ1v) is 9.39. The van der Waals surface area contributed by atoms with E-state index in [1.54, 1.807) is 29.4 Å². The van der Waals surface area contributed by atoms with Crippen LogP contribution in [0, 0.1) is 12.7 Å². The summed E-state index contributed by atoms with van der Waals surface area (Å²) in [5, 5.41) is 0. The Bertz CT molecular complexity index is 953. The van der Waals surface area contributed by atoms with Gasteiger partial charge in [0.25, 0.3) is 5.91 Å². The second-order valence-corrected chi connectivity index (χ2v) is 7.02. The predicted molar refractivity (Wildman–Crippen MR) is 100 cm³/mol. The third-order valence-electron chi connectivity index (χ3n) is 4.91. The maximum atomic E-state index is 13.1. The minimum absolute atomic E-state index is 0.157. The summed E-state index contributed by atoms with van der Waals surface area (Å²) in [6.45, 7) is 2.47. The number of oxazole rings is 1. The zero-order valence-corrected chi connectivity index (χ0v) is 15.6. The molecule has 1 fully saturated rings. The van der Waals surface area contributed by atoms with Crippen molar-refractivity contribution < 1.29 is 13.6 Å². The number of aromatic nitrogens is 3. The van der Waals surface area contributed by atoms with Crippen LogP contribution in [-0.4, -0.2) is 32.3 Å². The number of benzene rings is 1. The van der Waals surface area contributed by atoms with Gasteiger partial charge >= 0.3 is 0 Å². The highest BCUT2D eigenvalue weighted by molar-refractivity contribution is 5.92. The molecular formula is C21H21FN4O2. The average Bonchev–Trinajstić information content (AvgIpc) is 3.18. The van der Waals surface area contributed by atoms with E-state index in [0.717, 1.165) is 30.5 Å². The normalized spacial score (nSPS) is 16.9. The van der Waals surface area contributed by atoms with E-state index in [9.17, 15) is 9.18 Å². The summed E-state index contributed by atoms with van der Waals surface area (Å²) in [7, 11) is 0. The monoisotopic (exact) mass is 380 g/mol. The molecule has 1 aliphatic heterocycles. The number of nitrogens with zero attached hydrogens (tertiary/aromatic N) is 4. The minimum Gasteiger partial charge on any atom is -0.443 e. The van der Waals surface area contributed by atoms with E-state index in [1.165, 1.54) is 18.3 Å². The van der Waals surface area contributed by atoms with Crippen LogP contribution in [0.5, 0.6) is 0 Å². The Kier molecular flexibility index (Phi) is 5.14. The third-order valence-corrected chi connectivity index (χ3v) is 4.91. The first-order valence-electron chi connectivity index (χ1n) is 9.39. The largest absolute Gasteiger partial charge is 0.443 e. The van der Waals surface area contributed by atoms with E-state index in [4.69, 9.17) is 4.42 Å². The molecule has 6 nitrogen and oxygen atoms in total. The van der Waals surface area contributed by atoms with E-state index < -0.39 is 0 Å². The molecule has 1 aromatic carbocycles. The smallest absolute Gasteiger partial charge is 0.274 e. The Labute approximate surface area is 162 Å². The summed E-state index contributed by atoms with van der Waals surface area (Å²) in [6, 6.07) is 6.09. The molecule has 1 unspecified atom stereocenters. The number of halogens is 1. The van der Waals surface area contributed by atoms with Crippen molar-refractivity contribution in [2.75, 3.05) is 6.54 Å². The Morgan fingerprint density at radius 2 is 1.96 bits per heavy atom. The van der Waals surface area contributed by atoms with Crippen molar-refractivity contribution >= 4 is 5.91 Å². The molecule has 28 heavy (non-hydrogen) atoms. The molecule has 3 aromatic rings. The number of carbonyl (C=O) groups is 1. The van der Waals surface area contributed by atoms with Crippen molar-refractivity contribution in [1.29, 1.82) is 0 Å². The molecule has 0 bridgehead atoms. The van der Waals surface area contributed by atoms with E-state index >= 15 is 0 Å². The average molecular weight is 380 g/mol. The number of rotatable bonds is 4. The van der Waals surface area contributed by atoms with Crippen LogP contribution in [-0.2, 0) is 6.42 Å². The molecule has 2 aromatic heterocycles. The fraction of sp³-hybridized carbons (Fsp3) is 0.333. The molecule has 1 atom stereocenters. The van der Waals surface area contributed by atoms with Crippen molar-refractivity contribution in [3.63, 3.8) is 0 Å². The van der Waals surface area contributed by atoms with Crippen LogP contribution in [0.3, 0.4) is 0 Å². The van der Waals surface area contributed by atoms with Gasteiger partial charge in [-0.3, -0.25) is 9.78 Å². The molecule has 4 rings (SSSR count). The molecule has 1 amide bonds. The lowest BCUT2D eigenvalue weighted by molar-refractivity contribution is 0.0563. The quantitative estimate of drug-likeness (QED) is 0.687. The van der Waals surface area contributed by atoms with Crippen molar-refractivity contribution in [3.05, 3.63) is 77.3 Å². The van der Waals surface area contributed by atoms with Crippen LogP contribution in [0.15, 0.2) is 47.3 Å². The van der Waals surface area contributed by atoms with Gasteiger partial charge in [0.15, 0.2) is 0 Å². The van der Waals surface area contributed by atoms with Crippen molar-refractivity contribution in [3.8, 4) is 0 Å². The summed E-state index contributed by atoms with van der Waals surface area (Å²) < 4.78 is 19.0. The Morgan fingerprint density at radius 3 is 2.71 bits per heavy atom. The molecule has 0 spiro atoms. The van der Waals surface area contributed by atoms with Gasteiger partial charge in [-0.1, -0.05) is 12.1 Å². The molecule has 144 valence electrons. The Hall–Kier alpha value is -3.09. The molecule has 1 aliphatic rings.